The molecule has 0 radical (unpaired) electrons. The third kappa shape index (κ3) is 4.31. The van der Waals surface area contributed by atoms with Gasteiger partial charge in [0, 0.05) is 0 Å². The van der Waals surface area contributed by atoms with Gasteiger partial charge in [-0.05, 0) is 48.3 Å². The zero-order chi connectivity index (χ0) is 18.3. The van der Waals surface area contributed by atoms with Gasteiger partial charge in [0.05, 0.1) is 14.2 Å². The second-order valence-electron chi connectivity index (χ2n) is 4.89. The first-order valence-electron chi connectivity index (χ1n) is 6.89. The lowest BCUT2D eigenvalue weighted by molar-refractivity contribution is -0.136. The molecule has 0 aromatic heterocycles. The second kappa shape index (κ2) is 8.30. The number of nitrogens with zero attached hydrogens (tertiary/aromatic N) is 2. The first-order valence-corrected chi connectivity index (χ1v) is 6.89. The third-order valence-corrected chi connectivity index (χ3v) is 3.31. The smallest absolute Gasteiger partial charge is 0.348 e. The van der Waals surface area contributed by atoms with Gasteiger partial charge in [0.25, 0.3) is 0 Å². The molecule has 0 amide bonds. The van der Waals surface area contributed by atoms with E-state index in [1.54, 1.807) is 38.1 Å². The summed E-state index contributed by atoms with van der Waals surface area (Å²) in [5.41, 5.74) is 2.65. The Morgan fingerprint density at radius 1 is 0.875 bits per heavy atom. The molecule has 1 aromatic carbocycles. The van der Waals surface area contributed by atoms with Gasteiger partial charge in [-0.2, -0.15) is 10.5 Å². The van der Waals surface area contributed by atoms with E-state index < -0.39 is 11.9 Å². The Bertz CT molecular complexity index is 751. The largest absolute Gasteiger partial charge is 0.465 e. The molecule has 0 fully saturated rings. The zero-order valence-corrected chi connectivity index (χ0v) is 13.8. The normalized spacial score (nSPS) is 11.2. The maximum atomic E-state index is 11.5. The van der Waals surface area contributed by atoms with E-state index in [2.05, 4.69) is 9.47 Å². The molecule has 0 saturated heterocycles. The number of carbonyl (C=O) groups excluding carboxylic acids is 2. The number of hydrogen-bond acceptors (Lipinski definition) is 6. The number of benzene rings is 1. The number of rotatable bonds is 4. The molecule has 0 aliphatic heterocycles. The monoisotopic (exact) mass is 324 g/mol. The van der Waals surface area contributed by atoms with Crippen molar-refractivity contribution in [3.8, 4) is 12.1 Å². The molecule has 6 nitrogen and oxygen atoms in total. The Labute approximate surface area is 140 Å². The SMILES string of the molecule is COC(=O)/C(C#N)=C\c1cc(C)c(/C=C(\C#N)C(=O)OC)cc1C. The Morgan fingerprint density at radius 2 is 1.21 bits per heavy atom. The first-order chi connectivity index (χ1) is 11.4. The number of aryl methyl sites for hydroxylation is 2. The van der Waals surface area contributed by atoms with Crippen molar-refractivity contribution in [2.45, 2.75) is 13.8 Å². The van der Waals surface area contributed by atoms with Gasteiger partial charge in [-0.15, -0.1) is 0 Å². The third-order valence-electron chi connectivity index (χ3n) is 3.31. The van der Waals surface area contributed by atoms with Crippen LogP contribution in [0.15, 0.2) is 23.3 Å². The van der Waals surface area contributed by atoms with E-state index in [4.69, 9.17) is 10.5 Å². The molecule has 0 atom stereocenters. The molecule has 0 heterocycles. The van der Waals surface area contributed by atoms with Gasteiger partial charge < -0.3 is 9.47 Å². The highest BCUT2D eigenvalue weighted by Gasteiger charge is 2.12. The number of nitriles is 2. The molecule has 0 N–H and O–H groups in total. The summed E-state index contributed by atoms with van der Waals surface area (Å²) in [6.45, 7) is 3.58. The summed E-state index contributed by atoms with van der Waals surface area (Å²) in [7, 11) is 2.41. The van der Waals surface area contributed by atoms with Crippen LogP contribution in [0.1, 0.15) is 22.3 Å². The van der Waals surface area contributed by atoms with Crippen molar-refractivity contribution >= 4 is 24.1 Å². The molecular formula is C18H16N2O4. The van der Waals surface area contributed by atoms with Gasteiger partial charge >= 0.3 is 11.9 Å². The summed E-state index contributed by atoms with van der Waals surface area (Å²) in [6, 6.07) is 7.11. The maximum Gasteiger partial charge on any atom is 0.348 e. The summed E-state index contributed by atoms with van der Waals surface area (Å²) >= 11 is 0. The van der Waals surface area contributed by atoms with E-state index in [-0.39, 0.29) is 11.1 Å². The van der Waals surface area contributed by atoms with Gasteiger partial charge in [0.15, 0.2) is 0 Å². The molecule has 6 heteroatoms. The Kier molecular flexibility index (Phi) is 6.46. The minimum Gasteiger partial charge on any atom is -0.465 e. The molecule has 0 spiro atoms. The van der Waals surface area contributed by atoms with Crippen molar-refractivity contribution in [3.05, 3.63) is 45.5 Å². The van der Waals surface area contributed by atoms with E-state index in [0.29, 0.717) is 11.1 Å². The lowest BCUT2D eigenvalue weighted by Gasteiger charge is -2.08. The van der Waals surface area contributed by atoms with Crippen LogP contribution >= 0.6 is 0 Å². The number of esters is 2. The lowest BCUT2D eigenvalue weighted by Crippen LogP contribution is -2.04. The van der Waals surface area contributed by atoms with Crippen LogP contribution in [0.4, 0.5) is 0 Å². The molecule has 122 valence electrons. The summed E-state index contributed by atoms with van der Waals surface area (Å²) in [4.78, 5) is 23.0. The molecule has 0 aliphatic rings. The van der Waals surface area contributed by atoms with E-state index in [0.717, 1.165) is 11.1 Å². The molecule has 24 heavy (non-hydrogen) atoms. The average molecular weight is 324 g/mol. The van der Waals surface area contributed by atoms with Crippen LogP contribution in [0, 0.1) is 36.5 Å². The van der Waals surface area contributed by atoms with Crippen molar-refractivity contribution in [2.75, 3.05) is 14.2 Å². The molecule has 1 aromatic rings. The summed E-state index contributed by atoms with van der Waals surface area (Å²) in [5, 5.41) is 18.1. The van der Waals surface area contributed by atoms with Crippen LogP contribution in [-0.2, 0) is 19.1 Å². The van der Waals surface area contributed by atoms with Crippen molar-refractivity contribution in [2.24, 2.45) is 0 Å². The Balaban J connectivity index is 3.39. The van der Waals surface area contributed by atoms with Crippen LogP contribution in [-0.4, -0.2) is 26.2 Å². The Hall–Kier alpha value is -3.38. The molecule has 1 rings (SSSR count). The van der Waals surface area contributed by atoms with Crippen LogP contribution in [0.5, 0.6) is 0 Å². The minimum atomic E-state index is -0.712. The highest BCUT2D eigenvalue weighted by atomic mass is 16.5. The average Bonchev–Trinajstić information content (AvgIpc) is 2.59. The zero-order valence-electron chi connectivity index (χ0n) is 13.8. The topological polar surface area (TPSA) is 100 Å². The highest BCUT2D eigenvalue weighted by Crippen LogP contribution is 2.21. The number of hydrogen-bond donors (Lipinski definition) is 0. The quantitative estimate of drug-likeness (QED) is 0.479. The fourth-order valence-electron chi connectivity index (χ4n) is 1.98. The summed E-state index contributed by atoms with van der Waals surface area (Å²) in [6.07, 6.45) is 2.88. The van der Waals surface area contributed by atoms with Crippen LogP contribution in [0.3, 0.4) is 0 Å². The second-order valence-corrected chi connectivity index (χ2v) is 4.89. The fraction of sp³-hybridized carbons (Fsp3) is 0.222. The summed E-state index contributed by atoms with van der Waals surface area (Å²) < 4.78 is 9.10. The van der Waals surface area contributed by atoms with E-state index in [9.17, 15) is 9.59 Å². The molecule has 0 bridgehead atoms. The predicted molar refractivity (Wildman–Crippen MR) is 87.1 cm³/mol. The van der Waals surface area contributed by atoms with Crippen LogP contribution < -0.4 is 0 Å². The highest BCUT2D eigenvalue weighted by molar-refractivity contribution is 5.99. The predicted octanol–water partition coefficient (Wildman–Crippen LogP) is 2.46. The van der Waals surface area contributed by atoms with E-state index in [1.165, 1.54) is 26.4 Å². The number of carbonyl (C=O) groups is 2. The standard InChI is InChI=1S/C18H16N2O4/c1-11-5-14(8-16(10-20)18(22)24-4)12(2)6-13(11)7-15(9-19)17(21)23-3/h5-8H,1-4H3/b15-7-,16-8+. The fourth-order valence-corrected chi connectivity index (χ4v) is 1.98. The van der Waals surface area contributed by atoms with E-state index in [1.807, 2.05) is 0 Å². The summed E-state index contributed by atoms with van der Waals surface area (Å²) in [5.74, 6) is -1.42. The van der Waals surface area contributed by atoms with E-state index >= 15 is 0 Å². The van der Waals surface area contributed by atoms with Gasteiger partial charge in [-0.3, -0.25) is 0 Å². The molecule has 0 aliphatic carbocycles. The molecular weight excluding hydrogens is 308 g/mol. The van der Waals surface area contributed by atoms with Crippen molar-refractivity contribution in [3.63, 3.8) is 0 Å². The van der Waals surface area contributed by atoms with Gasteiger partial charge in [0.1, 0.15) is 23.3 Å². The minimum absolute atomic E-state index is 0.115. The molecule has 0 unspecified atom stereocenters. The maximum absolute atomic E-state index is 11.5. The van der Waals surface area contributed by atoms with Crippen molar-refractivity contribution in [1.82, 2.24) is 0 Å². The van der Waals surface area contributed by atoms with Gasteiger partial charge in [-0.25, -0.2) is 9.59 Å². The van der Waals surface area contributed by atoms with Crippen molar-refractivity contribution in [1.29, 1.82) is 10.5 Å². The lowest BCUT2D eigenvalue weighted by atomic mass is 9.97. The van der Waals surface area contributed by atoms with Crippen molar-refractivity contribution < 1.29 is 19.1 Å². The molecule has 0 saturated carbocycles. The number of ether oxygens (including phenoxy) is 2. The Morgan fingerprint density at radius 3 is 1.46 bits per heavy atom. The van der Waals surface area contributed by atoms with Gasteiger partial charge in [0.2, 0.25) is 0 Å². The van der Waals surface area contributed by atoms with Gasteiger partial charge in [-0.1, -0.05) is 12.1 Å². The van der Waals surface area contributed by atoms with Crippen LogP contribution in [0.25, 0.3) is 12.2 Å². The number of methoxy groups -OCH3 is 2. The van der Waals surface area contributed by atoms with Crippen LogP contribution in [0.2, 0.25) is 0 Å². The first kappa shape index (κ1) is 18.7.